The van der Waals surface area contributed by atoms with Gasteiger partial charge in [0.25, 0.3) is 0 Å². The lowest BCUT2D eigenvalue weighted by Crippen LogP contribution is -2.01. The van der Waals surface area contributed by atoms with E-state index in [9.17, 15) is 0 Å². The van der Waals surface area contributed by atoms with E-state index < -0.39 is 0 Å². The normalized spacial score (nSPS) is 10.2. The molecule has 1 heterocycles. The van der Waals surface area contributed by atoms with Gasteiger partial charge < -0.3 is 11.1 Å². The average Bonchev–Trinajstić information content (AvgIpc) is 2.42. The van der Waals surface area contributed by atoms with Crippen molar-refractivity contribution in [1.29, 1.82) is 5.26 Å². The third-order valence-corrected chi connectivity index (χ3v) is 2.95. The van der Waals surface area contributed by atoms with E-state index in [0.717, 1.165) is 5.69 Å². The summed E-state index contributed by atoms with van der Waals surface area (Å²) in [6, 6.07) is 11.7. The third-order valence-electron chi connectivity index (χ3n) is 2.95. The Kier molecular flexibility index (Phi) is 3.67. The highest BCUT2D eigenvalue weighted by atomic mass is 15.0. The van der Waals surface area contributed by atoms with Gasteiger partial charge in [-0.15, -0.1) is 0 Å². The summed E-state index contributed by atoms with van der Waals surface area (Å²) >= 11 is 0. The van der Waals surface area contributed by atoms with Crippen molar-refractivity contribution in [2.75, 3.05) is 11.1 Å². The molecule has 0 spiro atoms. The first kappa shape index (κ1) is 12.9. The van der Waals surface area contributed by atoms with Crippen LogP contribution in [0.3, 0.4) is 0 Å². The summed E-state index contributed by atoms with van der Waals surface area (Å²) in [6.07, 6.45) is 1.57. The van der Waals surface area contributed by atoms with Crippen LogP contribution in [0.4, 0.5) is 17.2 Å². The van der Waals surface area contributed by atoms with Crippen LogP contribution < -0.4 is 11.1 Å². The smallest absolute Gasteiger partial charge is 0.154 e. The second-order valence-corrected chi connectivity index (χ2v) is 4.63. The van der Waals surface area contributed by atoms with Gasteiger partial charge in [0, 0.05) is 11.9 Å². The fourth-order valence-electron chi connectivity index (χ4n) is 1.76. The maximum atomic E-state index is 8.92. The maximum Gasteiger partial charge on any atom is 0.154 e. The monoisotopic (exact) mass is 252 g/mol. The van der Waals surface area contributed by atoms with Crippen LogP contribution in [0.5, 0.6) is 0 Å². The number of aromatic nitrogens is 1. The lowest BCUT2D eigenvalue weighted by molar-refractivity contribution is 0.867. The van der Waals surface area contributed by atoms with Crippen molar-refractivity contribution in [1.82, 2.24) is 4.98 Å². The van der Waals surface area contributed by atoms with Crippen molar-refractivity contribution in [3.8, 4) is 6.07 Å². The van der Waals surface area contributed by atoms with Gasteiger partial charge in [-0.1, -0.05) is 26.0 Å². The molecule has 0 radical (unpaired) electrons. The molecule has 0 amide bonds. The number of nitrogen functional groups attached to an aromatic ring is 1. The molecule has 0 aliphatic heterocycles. The highest BCUT2D eigenvalue weighted by Crippen LogP contribution is 2.24. The van der Waals surface area contributed by atoms with Gasteiger partial charge >= 0.3 is 0 Å². The second kappa shape index (κ2) is 5.40. The number of anilines is 3. The molecule has 3 N–H and O–H groups in total. The van der Waals surface area contributed by atoms with Crippen LogP contribution in [0, 0.1) is 11.3 Å². The Balaban J connectivity index is 2.24. The maximum absolute atomic E-state index is 8.92. The number of benzene rings is 1. The third kappa shape index (κ3) is 2.83. The number of nitrogens with zero attached hydrogens (tertiary/aromatic N) is 2. The summed E-state index contributed by atoms with van der Waals surface area (Å²) < 4.78 is 0. The van der Waals surface area contributed by atoms with E-state index >= 15 is 0 Å². The van der Waals surface area contributed by atoms with Crippen molar-refractivity contribution in [2.45, 2.75) is 19.8 Å². The Morgan fingerprint density at radius 3 is 2.47 bits per heavy atom. The zero-order valence-electron chi connectivity index (χ0n) is 11.0. The van der Waals surface area contributed by atoms with E-state index in [1.165, 1.54) is 5.56 Å². The molecule has 1 aromatic heterocycles. The van der Waals surface area contributed by atoms with E-state index in [-0.39, 0.29) is 0 Å². The van der Waals surface area contributed by atoms with Crippen molar-refractivity contribution < 1.29 is 0 Å². The standard InChI is InChI=1S/C15H16N4/c1-10(2)11-3-5-13(6-4-11)19-15-14(17)12(9-16)7-8-18-15/h3-8,10H,17H2,1-2H3,(H,18,19). The molecule has 19 heavy (non-hydrogen) atoms. The summed E-state index contributed by atoms with van der Waals surface area (Å²) in [4.78, 5) is 4.15. The van der Waals surface area contributed by atoms with Crippen LogP contribution in [0.2, 0.25) is 0 Å². The molecular formula is C15H16N4. The summed E-state index contributed by atoms with van der Waals surface area (Å²) in [5.41, 5.74) is 8.85. The molecule has 0 saturated carbocycles. The molecule has 96 valence electrons. The number of hydrogen-bond donors (Lipinski definition) is 2. The number of nitriles is 1. The van der Waals surface area contributed by atoms with E-state index in [2.05, 4.69) is 36.3 Å². The lowest BCUT2D eigenvalue weighted by atomic mass is 10.0. The molecule has 0 atom stereocenters. The minimum Gasteiger partial charge on any atom is -0.395 e. The highest BCUT2D eigenvalue weighted by molar-refractivity contribution is 5.73. The minimum absolute atomic E-state index is 0.373. The number of nitrogens with one attached hydrogen (secondary N) is 1. The number of pyridine rings is 1. The van der Waals surface area contributed by atoms with Gasteiger partial charge in [0.1, 0.15) is 6.07 Å². The average molecular weight is 252 g/mol. The van der Waals surface area contributed by atoms with Gasteiger partial charge in [-0.2, -0.15) is 5.26 Å². The summed E-state index contributed by atoms with van der Waals surface area (Å²) in [5, 5.41) is 12.0. The summed E-state index contributed by atoms with van der Waals surface area (Å²) in [7, 11) is 0. The molecular weight excluding hydrogens is 236 g/mol. The topological polar surface area (TPSA) is 74.7 Å². The SMILES string of the molecule is CC(C)c1ccc(Nc2nccc(C#N)c2N)cc1. The summed E-state index contributed by atoms with van der Waals surface area (Å²) in [6.45, 7) is 4.30. The number of nitrogens with two attached hydrogens (primary N) is 1. The van der Waals surface area contributed by atoms with Crippen molar-refractivity contribution >= 4 is 17.2 Å². The highest BCUT2D eigenvalue weighted by Gasteiger charge is 2.06. The molecule has 4 nitrogen and oxygen atoms in total. The minimum atomic E-state index is 0.373. The van der Waals surface area contributed by atoms with Gasteiger partial charge in [-0.3, -0.25) is 0 Å². The second-order valence-electron chi connectivity index (χ2n) is 4.63. The van der Waals surface area contributed by atoms with Crippen LogP contribution in [-0.4, -0.2) is 4.98 Å². The molecule has 0 saturated heterocycles. The van der Waals surface area contributed by atoms with Crippen LogP contribution in [0.25, 0.3) is 0 Å². The van der Waals surface area contributed by atoms with E-state index in [4.69, 9.17) is 11.0 Å². The van der Waals surface area contributed by atoms with Crippen LogP contribution >= 0.6 is 0 Å². The molecule has 0 fully saturated rings. The predicted octanol–water partition coefficient (Wildman–Crippen LogP) is 3.40. The largest absolute Gasteiger partial charge is 0.395 e. The molecule has 0 bridgehead atoms. The first-order valence-electron chi connectivity index (χ1n) is 6.13. The van der Waals surface area contributed by atoms with Gasteiger partial charge in [0.2, 0.25) is 0 Å². The Morgan fingerprint density at radius 1 is 1.21 bits per heavy atom. The zero-order valence-corrected chi connectivity index (χ0v) is 11.0. The first-order valence-corrected chi connectivity index (χ1v) is 6.13. The molecule has 1 aromatic carbocycles. The zero-order chi connectivity index (χ0) is 13.8. The van der Waals surface area contributed by atoms with Gasteiger partial charge in [0.15, 0.2) is 5.82 Å². The van der Waals surface area contributed by atoms with Crippen molar-refractivity contribution in [3.05, 3.63) is 47.7 Å². The Bertz CT molecular complexity index is 609. The van der Waals surface area contributed by atoms with Crippen molar-refractivity contribution in [2.24, 2.45) is 0 Å². The quantitative estimate of drug-likeness (QED) is 0.877. The number of rotatable bonds is 3. The van der Waals surface area contributed by atoms with Gasteiger partial charge in [0.05, 0.1) is 11.3 Å². The van der Waals surface area contributed by atoms with Crippen LogP contribution in [-0.2, 0) is 0 Å². The Labute approximate surface area is 112 Å². The number of hydrogen-bond acceptors (Lipinski definition) is 4. The lowest BCUT2D eigenvalue weighted by Gasteiger charge is -2.10. The summed E-state index contributed by atoms with van der Waals surface area (Å²) in [5.74, 6) is 1.01. The Morgan fingerprint density at radius 2 is 1.89 bits per heavy atom. The Hall–Kier alpha value is -2.54. The molecule has 2 rings (SSSR count). The molecule has 0 aliphatic rings. The predicted molar refractivity (Wildman–Crippen MR) is 77.2 cm³/mol. The van der Waals surface area contributed by atoms with E-state index in [1.807, 2.05) is 18.2 Å². The van der Waals surface area contributed by atoms with Gasteiger partial charge in [-0.05, 0) is 29.7 Å². The van der Waals surface area contributed by atoms with Gasteiger partial charge in [-0.25, -0.2) is 4.98 Å². The molecule has 0 aliphatic carbocycles. The van der Waals surface area contributed by atoms with Crippen LogP contribution in [0.15, 0.2) is 36.5 Å². The van der Waals surface area contributed by atoms with Crippen LogP contribution in [0.1, 0.15) is 30.9 Å². The first-order chi connectivity index (χ1) is 9.11. The van der Waals surface area contributed by atoms with E-state index in [0.29, 0.717) is 23.0 Å². The fourth-order valence-corrected chi connectivity index (χ4v) is 1.76. The van der Waals surface area contributed by atoms with E-state index in [1.54, 1.807) is 12.3 Å². The fraction of sp³-hybridized carbons (Fsp3) is 0.200. The molecule has 4 heteroatoms. The molecule has 2 aromatic rings. The molecule has 0 unspecified atom stereocenters. The van der Waals surface area contributed by atoms with Crippen molar-refractivity contribution in [3.63, 3.8) is 0 Å².